The molecule has 0 aliphatic rings. The number of nitrogens with one attached hydrogen (secondary N) is 1. The van der Waals surface area contributed by atoms with Crippen LogP contribution in [-0.4, -0.2) is 20.1 Å². The van der Waals surface area contributed by atoms with Gasteiger partial charge in [-0.3, -0.25) is 4.79 Å². The Balaban J connectivity index is 1.79. The maximum absolute atomic E-state index is 13.6. The Labute approximate surface area is 135 Å². The van der Waals surface area contributed by atoms with Crippen molar-refractivity contribution in [3.05, 3.63) is 59.4 Å². The lowest BCUT2D eigenvalue weighted by molar-refractivity contribution is -0.121. The number of hydrogen-bond acceptors (Lipinski definition) is 3. The smallest absolute Gasteiger partial charge is 0.220 e. The molecule has 0 saturated carbocycles. The molecule has 23 heavy (non-hydrogen) atoms. The SMILES string of the molecule is COc1ccc(CCC(=O)NCc2ccc(OC)c(F)c2)cc1. The molecule has 1 amide bonds. The Morgan fingerprint density at radius 3 is 2.35 bits per heavy atom. The number of methoxy groups -OCH3 is 2. The van der Waals surface area contributed by atoms with E-state index in [1.54, 1.807) is 19.2 Å². The average Bonchev–Trinajstić information content (AvgIpc) is 2.58. The third-order valence-electron chi connectivity index (χ3n) is 3.51. The Hall–Kier alpha value is -2.56. The molecule has 0 aromatic heterocycles. The van der Waals surface area contributed by atoms with E-state index in [-0.39, 0.29) is 11.7 Å². The molecule has 0 spiro atoms. The molecule has 0 saturated heterocycles. The Kier molecular flexibility index (Phi) is 5.97. The summed E-state index contributed by atoms with van der Waals surface area (Å²) >= 11 is 0. The molecular weight excluding hydrogens is 297 g/mol. The van der Waals surface area contributed by atoms with Crippen molar-refractivity contribution in [2.75, 3.05) is 14.2 Å². The van der Waals surface area contributed by atoms with Crippen molar-refractivity contribution in [1.29, 1.82) is 0 Å². The molecule has 2 rings (SSSR count). The first-order valence-corrected chi connectivity index (χ1v) is 7.34. The lowest BCUT2D eigenvalue weighted by atomic mass is 10.1. The van der Waals surface area contributed by atoms with Gasteiger partial charge in [-0.15, -0.1) is 0 Å². The van der Waals surface area contributed by atoms with Gasteiger partial charge in [0.15, 0.2) is 11.6 Å². The fourth-order valence-electron chi connectivity index (χ4n) is 2.16. The molecule has 0 fully saturated rings. The van der Waals surface area contributed by atoms with Crippen LogP contribution in [-0.2, 0) is 17.8 Å². The number of ether oxygens (including phenoxy) is 2. The number of rotatable bonds is 7. The molecule has 122 valence electrons. The van der Waals surface area contributed by atoms with Crippen LogP contribution in [0.3, 0.4) is 0 Å². The molecule has 0 aliphatic carbocycles. The molecule has 0 bridgehead atoms. The van der Waals surface area contributed by atoms with Gasteiger partial charge in [-0.1, -0.05) is 18.2 Å². The predicted octanol–water partition coefficient (Wildman–Crippen LogP) is 3.09. The monoisotopic (exact) mass is 317 g/mol. The zero-order chi connectivity index (χ0) is 16.7. The van der Waals surface area contributed by atoms with Gasteiger partial charge in [-0.05, 0) is 41.8 Å². The van der Waals surface area contributed by atoms with Gasteiger partial charge in [0, 0.05) is 13.0 Å². The van der Waals surface area contributed by atoms with Gasteiger partial charge in [-0.2, -0.15) is 0 Å². The van der Waals surface area contributed by atoms with E-state index in [0.29, 0.717) is 24.9 Å². The van der Waals surface area contributed by atoms with Crippen LogP contribution in [0.4, 0.5) is 4.39 Å². The van der Waals surface area contributed by atoms with E-state index >= 15 is 0 Å². The highest BCUT2D eigenvalue weighted by atomic mass is 19.1. The highest BCUT2D eigenvalue weighted by Gasteiger charge is 2.06. The van der Waals surface area contributed by atoms with Gasteiger partial charge in [0.2, 0.25) is 5.91 Å². The van der Waals surface area contributed by atoms with Gasteiger partial charge in [-0.25, -0.2) is 4.39 Å². The average molecular weight is 317 g/mol. The molecule has 0 heterocycles. The highest BCUT2D eigenvalue weighted by Crippen LogP contribution is 2.17. The topological polar surface area (TPSA) is 47.6 Å². The van der Waals surface area contributed by atoms with Crippen molar-refractivity contribution in [2.45, 2.75) is 19.4 Å². The van der Waals surface area contributed by atoms with E-state index in [1.165, 1.54) is 13.2 Å². The van der Waals surface area contributed by atoms with E-state index in [2.05, 4.69) is 5.32 Å². The lowest BCUT2D eigenvalue weighted by Crippen LogP contribution is -2.23. The molecule has 4 nitrogen and oxygen atoms in total. The summed E-state index contributed by atoms with van der Waals surface area (Å²) in [5, 5.41) is 2.79. The van der Waals surface area contributed by atoms with Crippen LogP contribution in [0.5, 0.6) is 11.5 Å². The molecule has 0 atom stereocenters. The third kappa shape index (κ3) is 4.98. The van der Waals surface area contributed by atoms with Gasteiger partial charge in [0.05, 0.1) is 14.2 Å². The number of benzene rings is 2. The second-order valence-electron chi connectivity index (χ2n) is 5.09. The largest absolute Gasteiger partial charge is 0.497 e. The van der Waals surface area contributed by atoms with E-state index < -0.39 is 5.82 Å². The number of amides is 1. The van der Waals surface area contributed by atoms with E-state index in [9.17, 15) is 9.18 Å². The zero-order valence-corrected chi connectivity index (χ0v) is 13.3. The maximum atomic E-state index is 13.6. The van der Waals surface area contributed by atoms with Crippen molar-refractivity contribution in [2.24, 2.45) is 0 Å². The standard InChI is InChI=1S/C18H20FNO3/c1-22-15-7-3-13(4-8-15)6-10-18(21)20-12-14-5-9-17(23-2)16(19)11-14/h3-5,7-9,11H,6,10,12H2,1-2H3,(H,20,21). The maximum Gasteiger partial charge on any atom is 0.220 e. The molecule has 0 aliphatic heterocycles. The van der Waals surface area contributed by atoms with Crippen LogP contribution in [0, 0.1) is 5.82 Å². The second kappa shape index (κ2) is 8.17. The van der Waals surface area contributed by atoms with Crippen LogP contribution < -0.4 is 14.8 Å². The van der Waals surface area contributed by atoms with Gasteiger partial charge < -0.3 is 14.8 Å². The Morgan fingerprint density at radius 1 is 1.04 bits per heavy atom. The first-order chi connectivity index (χ1) is 11.1. The number of carbonyl (C=O) groups is 1. The second-order valence-corrected chi connectivity index (χ2v) is 5.09. The minimum Gasteiger partial charge on any atom is -0.497 e. The molecule has 2 aromatic rings. The van der Waals surface area contributed by atoms with E-state index in [4.69, 9.17) is 9.47 Å². The third-order valence-corrected chi connectivity index (χ3v) is 3.51. The Bertz CT molecular complexity index is 656. The first kappa shape index (κ1) is 16.8. The summed E-state index contributed by atoms with van der Waals surface area (Å²) in [7, 11) is 3.03. The summed E-state index contributed by atoms with van der Waals surface area (Å²) in [4.78, 5) is 11.9. The minimum absolute atomic E-state index is 0.0722. The van der Waals surface area contributed by atoms with Crippen LogP contribution in [0.25, 0.3) is 0 Å². The van der Waals surface area contributed by atoms with Gasteiger partial charge in [0.1, 0.15) is 5.75 Å². The van der Waals surface area contributed by atoms with Crippen LogP contribution >= 0.6 is 0 Å². The molecular formula is C18H20FNO3. The van der Waals surface area contributed by atoms with Crippen LogP contribution in [0.15, 0.2) is 42.5 Å². The quantitative estimate of drug-likeness (QED) is 0.853. The van der Waals surface area contributed by atoms with Crippen LogP contribution in [0.1, 0.15) is 17.5 Å². The van der Waals surface area contributed by atoms with Gasteiger partial charge >= 0.3 is 0 Å². The molecule has 0 unspecified atom stereocenters. The zero-order valence-electron chi connectivity index (χ0n) is 13.3. The number of carbonyl (C=O) groups excluding carboxylic acids is 1. The van der Waals surface area contributed by atoms with Crippen molar-refractivity contribution >= 4 is 5.91 Å². The van der Waals surface area contributed by atoms with Crippen molar-refractivity contribution < 1.29 is 18.7 Å². The van der Waals surface area contributed by atoms with Crippen molar-refractivity contribution in [1.82, 2.24) is 5.32 Å². The molecule has 0 radical (unpaired) electrons. The summed E-state index contributed by atoms with van der Waals surface area (Å²) in [5.74, 6) is 0.480. The van der Waals surface area contributed by atoms with E-state index in [1.807, 2.05) is 24.3 Å². The Morgan fingerprint density at radius 2 is 1.74 bits per heavy atom. The number of hydrogen-bond donors (Lipinski definition) is 1. The summed E-state index contributed by atoms with van der Waals surface area (Å²) in [5.41, 5.74) is 1.76. The lowest BCUT2D eigenvalue weighted by Gasteiger charge is -2.08. The van der Waals surface area contributed by atoms with E-state index in [0.717, 1.165) is 11.3 Å². The number of aryl methyl sites for hydroxylation is 1. The normalized spacial score (nSPS) is 10.2. The van der Waals surface area contributed by atoms with Crippen molar-refractivity contribution in [3.63, 3.8) is 0 Å². The molecule has 1 N–H and O–H groups in total. The molecule has 2 aromatic carbocycles. The summed E-state index contributed by atoms with van der Waals surface area (Å²) in [6, 6.07) is 12.2. The minimum atomic E-state index is -0.433. The fraction of sp³-hybridized carbons (Fsp3) is 0.278. The summed E-state index contributed by atoms with van der Waals surface area (Å²) < 4.78 is 23.5. The van der Waals surface area contributed by atoms with Crippen LogP contribution in [0.2, 0.25) is 0 Å². The number of halogens is 1. The first-order valence-electron chi connectivity index (χ1n) is 7.34. The van der Waals surface area contributed by atoms with Crippen molar-refractivity contribution in [3.8, 4) is 11.5 Å². The summed E-state index contributed by atoms with van der Waals surface area (Å²) in [6.45, 7) is 0.294. The van der Waals surface area contributed by atoms with Gasteiger partial charge in [0.25, 0.3) is 0 Å². The highest BCUT2D eigenvalue weighted by molar-refractivity contribution is 5.76. The molecule has 5 heteroatoms. The fourth-order valence-corrected chi connectivity index (χ4v) is 2.16. The predicted molar refractivity (Wildman–Crippen MR) is 86.1 cm³/mol. The summed E-state index contributed by atoms with van der Waals surface area (Å²) in [6.07, 6.45) is 1.03.